The predicted molar refractivity (Wildman–Crippen MR) is 118 cm³/mol. The molecule has 0 radical (unpaired) electrons. The van der Waals surface area contributed by atoms with E-state index in [2.05, 4.69) is 39.3 Å². The quantitative estimate of drug-likeness (QED) is 0.210. The second kappa shape index (κ2) is 17.2. The standard InChI is InChI=1S/C21H36Cl2N4/c1-2-3-4-5-6-7-8-9-10-11-12-13-14-15-16-17-18-24-21-26-19(22)25-20(23)27-21/h9-10H,2-8,11-18H2,1H3,(H,24,25,26,27)/b10-9-. The molecule has 0 saturated carbocycles. The van der Waals surface area contributed by atoms with E-state index >= 15 is 0 Å². The van der Waals surface area contributed by atoms with Crippen molar-refractivity contribution < 1.29 is 0 Å². The fraction of sp³-hybridized carbons (Fsp3) is 0.762. The molecule has 1 aromatic heterocycles. The Bertz CT molecular complexity index is 489. The molecular formula is C21H36Cl2N4. The maximum Gasteiger partial charge on any atom is 0.228 e. The van der Waals surface area contributed by atoms with Crippen LogP contribution in [0, 0.1) is 0 Å². The van der Waals surface area contributed by atoms with E-state index in [1.807, 2.05) is 0 Å². The van der Waals surface area contributed by atoms with Crippen molar-refractivity contribution >= 4 is 29.2 Å². The number of hydrogen-bond acceptors (Lipinski definition) is 4. The zero-order valence-corrected chi connectivity index (χ0v) is 18.4. The second-order valence-electron chi connectivity index (χ2n) is 7.06. The van der Waals surface area contributed by atoms with Crippen LogP contribution in [0.1, 0.15) is 96.8 Å². The summed E-state index contributed by atoms with van der Waals surface area (Å²) in [6.07, 6.45) is 23.1. The molecule has 0 aliphatic carbocycles. The molecule has 1 rings (SSSR count). The number of anilines is 1. The Kier molecular flexibility index (Phi) is 15.4. The Balaban J connectivity index is 1.83. The molecule has 1 N–H and O–H groups in total. The summed E-state index contributed by atoms with van der Waals surface area (Å²) in [6, 6.07) is 0. The van der Waals surface area contributed by atoms with Gasteiger partial charge < -0.3 is 5.32 Å². The van der Waals surface area contributed by atoms with Crippen molar-refractivity contribution in [2.24, 2.45) is 0 Å². The highest BCUT2D eigenvalue weighted by molar-refractivity contribution is 6.31. The summed E-state index contributed by atoms with van der Waals surface area (Å²) in [7, 11) is 0. The summed E-state index contributed by atoms with van der Waals surface area (Å²) in [5.41, 5.74) is 0. The summed E-state index contributed by atoms with van der Waals surface area (Å²) in [5.74, 6) is 0.452. The highest BCUT2D eigenvalue weighted by Gasteiger charge is 2.01. The first-order valence-corrected chi connectivity index (χ1v) is 11.4. The van der Waals surface area contributed by atoms with Gasteiger partial charge >= 0.3 is 0 Å². The van der Waals surface area contributed by atoms with E-state index in [0.717, 1.165) is 13.0 Å². The first kappa shape index (κ1) is 24.2. The highest BCUT2D eigenvalue weighted by atomic mass is 35.5. The van der Waals surface area contributed by atoms with Crippen molar-refractivity contribution in [2.45, 2.75) is 96.8 Å². The van der Waals surface area contributed by atoms with Gasteiger partial charge in [-0.1, -0.05) is 76.9 Å². The topological polar surface area (TPSA) is 50.7 Å². The number of nitrogens with one attached hydrogen (secondary N) is 1. The number of aromatic nitrogens is 3. The van der Waals surface area contributed by atoms with Crippen LogP contribution in [-0.2, 0) is 0 Å². The minimum atomic E-state index is 0.124. The second-order valence-corrected chi connectivity index (χ2v) is 7.74. The molecule has 0 atom stereocenters. The van der Waals surface area contributed by atoms with Gasteiger partial charge in [0.15, 0.2) is 0 Å². The van der Waals surface area contributed by atoms with E-state index in [0.29, 0.717) is 5.95 Å². The van der Waals surface area contributed by atoms with Crippen LogP contribution in [0.5, 0.6) is 0 Å². The summed E-state index contributed by atoms with van der Waals surface area (Å²) < 4.78 is 0. The Morgan fingerprint density at radius 3 is 1.70 bits per heavy atom. The Labute approximate surface area is 175 Å². The van der Waals surface area contributed by atoms with Crippen LogP contribution >= 0.6 is 23.2 Å². The monoisotopic (exact) mass is 414 g/mol. The molecule has 0 bridgehead atoms. The lowest BCUT2D eigenvalue weighted by atomic mass is 10.1. The third-order valence-corrected chi connectivity index (χ3v) is 4.89. The molecule has 0 aliphatic rings. The van der Waals surface area contributed by atoms with Crippen LogP contribution < -0.4 is 5.32 Å². The van der Waals surface area contributed by atoms with Gasteiger partial charge in [-0.15, -0.1) is 0 Å². The molecule has 27 heavy (non-hydrogen) atoms. The van der Waals surface area contributed by atoms with E-state index in [1.54, 1.807) is 0 Å². The van der Waals surface area contributed by atoms with Crippen molar-refractivity contribution in [2.75, 3.05) is 11.9 Å². The highest BCUT2D eigenvalue weighted by Crippen LogP contribution is 2.11. The third kappa shape index (κ3) is 14.8. The molecule has 1 aromatic rings. The van der Waals surface area contributed by atoms with Crippen molar-refractivity contribution in [3.8, 4) is 0 Å². The van der Waals surface area contributed by atoms with Gasteiger partial charge in [-0.25, -0.2) is 0 Å². The summed E-state index contributed by atoms with van der Waals surface area (Å²) in [6.45, 7) is 3.10. The van der Waals surface area contributed by atoms with E-state index in [4.69, 9.17) is 23.2 Å². The number of hydrogen-bond donors (Lipinski definition) is 1. The van der Waals surface area contributed by atoms with Crippen LogP contribution in [-0.4, -0.2) is 21.5 Å². The maximum absolute atomic E-state index is 5.74. The van der Waals surface area contributed by atoms with Crippen molar-refractivity contribution in [1.82, 2.24) is 15.0 Å². The predicted octanol–water partition coefficient (Wildman–Crippen LogP) is 7.63. The lowest BCUT2D eigenvalue weighted by Crippen LogP contribution is -2.06. The Morgan fingerprint density at radius 1 is 0.667 bits per heavy atom. The fourth-order valence-electron chi connectivity index (χ4n) is 2.98. The van der Waals surface area contributed by atoms with Gasteiger partial charge in [0.25, 0.3) is 0 Å². The van der Waals surface area contributed by atoms with Gasteiger partial charge in [0.1, 0.15) is 0 Å². The molecular weight excluding hydrogens is 379 g/mol. The van der Waals surface area contributed by atoms with Crippen molar-refractivity contribution in [3.05, 3.63) is 22.7 Å². The molecule has 0 aliphatic heterocycles. The van der Waals surface area contributed by atoms with Gasteiger partial charge in [0.05, 0.1) is 0 Å². The molecule has 0 aromatic carbocycles. The molecule has 6 heteroatoms. The van der Waals surface area contributed by atoms with Crippen LogP contribution in [0.3, 0.4) is 0 Å². The summed E-state index contributed by atoms with van der Waals surface area (Å²) in [5, 5.41) is 3.38. The molecule has 0 fully saturated rings. The van der Waals surface area contributed by atoms with Gasteiger partial charge in [-0.2, -0.15) is 15.0 Å². The smallest absolute Gasteiger partial charge is 0.228 e. The lowest BCUT2D eigenvalue weighted by Gasteiger charge is -2.05. The van der Waals surface area contributed by atoms with Gasteiger partial charge in [0, 0.05) is 6.54 Å². The number of rotatable bonds is 17. The number of allylic oxidation sites excluding steroid dienone is 2. The van der Waals surface area contributed by atoms with Crippen LogP contribution in [0.25, 0.3) is 0 Å². The third-order valence-electron chi connectivity index (χ3n) is 4.55. The van der Waals surface area contributed by atoms with Gasteiger partial charge in [0.2, 0.25) is 16.5 Å². The zero-order valence-electron chi connectivity index (χ0n) is 16.9. The average Bonchev–Trinajstić information content (AvgIpc) is 2.63. The largest absolute Gasteiger partial charge is 0.354 e. The van der Waals surface area contributed by atoms with Crippen LogP contribution in [0.2, 0.25) is 10.6 Å². The van der Waals surface area contributed by atoms with Gasteiger partial charge in [-0.3, -0.25) is 0 Å². The first-order chi connectivity index (χ1) is 13.2. The molecule has 0 unspecified atom stereocenters. The average molecular weight is 415 g/mol. The number of unbranched alkanes of at least 4 members (excludes halogenated alkanes) is 12. The van der Waals surface area contributed by atoms with Crippen LogP contribution in [0.15, 0.2) is 12.2 Å². The molecule has 0 amide bonds. The Morgan fingerprint density at radius 2 is 1.15 bits per heavy atom. The summed E-state index contributed by atoms with van der Waals surface area (Å²) >= 11 is 11.5. The normalized spacial score (nSPS) is 11.4. The van der Waals surface area contributed by atoms with E-state index in [1.165, 1.54) is 83.5 Å². The molecule has 154 valence electrons. The molecule has 1 heterocycles. The fourth-order valence-corrected chi connectivity index (χ4v) is 3.34. The molecule has 0 spiro atoms. The molecule has 4 nitrogen and oxygen atoms in total. The molecule has 0 saturated heterocycles. The summed E-state index contributed by atoms with van der Waals surface area (Å²) in [4.78, 5) is 11.7. The Hall–Kier alpha value is -0.870. The minimum absolute atomic E-state index is 0.124. The van der Waals surface area contributed by atoms with E-state index in [9.17, 15) is 0 Å². The first-order valence-electron chi connectivity index (χ1n) is 10.7. The lowest BCUT2D eigenvalue weighted by molar-refractivity contribution is 0.602. The minimum Gasteiger partial charge on any atom is -0.354 e. The maximum atomic E-state index is 5.74. The van der Waals surface area contributed by atoms with Gasteiger partial charge in [-0.05, 0) is 55.3 Å². The zero-order chi connectivity index (χ0) is 19.6. The SMILES string of the molecule is CCCCCCCC/C=C\CCCCCCCCNc1nc(Cl)nc(Cl)n1. The van der Waals surface area contributed by atoms with E-state index < -0.39 is 0 Å². The van der Waals surface area contributed by atoms with Crippen molar-refractivity contribution in [1.29, 1.82) is 0 Å². The van der Waals surface area contributed by atoms with Crippen LogP contribution in [0.4, 0.5) is 5.95 Å². The van der Waals surface area contributed by atoms with Crippen molar-refractivity contribution in [3.63, 3.8) is 0 Å². The number of nitrogens with zero attached hydrogens (tertiary/aromatic N) is 3. The van der Waals surface area contributed by atoms with E-state index in [-0.39, 0.29) is 10.6 Å². The number of halogens is 2.